The standard InChI is InChI=1S/C12H24N2O2/c1-3-11(8-13)12(15)14(2)9-10-4-6-16-7-5-10/h10-11H,3-9,13H2,1-2H3. The van der Waals surface area contributed by atoms with Crippen molar-refractivity contribution in [1.29, 1.82) is 0 Å². The number of carbonyl (C=O) groups is 1. The normalized spacial score (nSPS) is 19.4. The summed E-state index contributed by atoms with van der Waals surface area (Å²) in [6.45, 7) is 4.98. The van der Waals surface area contributed by atoms with Gasteiger partial charge in [0.15, 0.2) is 0 Å². The van der Waals surface area contributed by atoms with Gasteiger partial charge in [-0.3, -0.25) is 4.79 Å². The first kappa shape index (κ1) is 13.5. The summed E-state index contributed by atoms with van der Waals surface area (Å²) >= 11 is 0. The molecule has 1 rings (SSSR count). The van der Waals surface area contributed by atoms with Crippen molar-refractivity contribution < 1.29 is 9.53 Å². The maximum absolute atomic E-state index is 12.0. The SMILES string of the molecule is CCC(CN)C(=O)N(C)CC1CCOCC1. The van der Waals surface area contributed by atoms with Crippen LogP contribution in [0.25, 0.3) is 0 Å². The Bertz CT molecular complexity index is 211. The molecule has 94 valence electrons. The molecule has 1 heterocycles. The zero-order chi connectivity index (χ0) is 12.0. The summed E-state index contributed by atoms with van der Waals surface area (Å²) in [4.78, 5) is 13.8. The van der Waals surface area contributed by atoms with E-state index in [2.05, 4.69) is 0 Å². The molecular formula is C12H24N2O2. The summed E-state index contributed by atoms with van der Waals surface area (Å²) in [6.07, 6.45) is 2.96. The molecule has 1 aliphatic rings. The molecule has 0 aromatic rings. The van der Waals surface area contributed by atoms with Gasteiger partial charge in [-0.1, -0.05) is 6.92 Å². The van der Waals surface area contributed by atoms with Crippen LogP contribution in [-0.2, 0) is 9.53 Å². The quantitative estimate of drug-likeness (QED) is 0.759. The fourth-order valence-electron chi connectivity index (χ4n) is 2.16. The minimum absolute atomic E-state index is 0.00941. The van der Waals surface area contributed by atoms with Crippen LogP contribution in [0.4, 0.5) is 0 Å². The van der Waals surface area contributed by atoms with Gasteiger partial charge in [0.05, 0.1) is 5.92 Å². The molecular weight excluding hydrogens is 204 g/mol. The fraction of sp³-hybridized carbons (Fsp3) is 0.917. The van der Waals surface area contributed by atoms with Gasteiger partial charge in [0, 0.05) is 33.4 Å². The van der Waals surface area contributed by atoms with Crippen LogP contribution in [0, 0.1) is 11.8 Å². The highest BCUT2D eigenvalue weighted by molar-refractivity contribution is 5.78. The third-order valence-corrected chi connectivity index (χ3v) is 3.38. The topological polar surface area (TPSA) is 55.6 Å². The molecule has 0 saturated carbocycles. The Morgan fingerprint density at radius 3 is 2.62 bits per heavy atom. The van der Waals surface area contributed by atoms with Gasteiger partial charge in [0.25, 0.3) is 0 Å². The average molecular weight is 228 g/mol. The Balaban J connectivity index is 2.37. The monoisotopic (exact) mass is 228 g/mol. The van der Waals surface area contributed by atoms with E-state index < -0.39 is 0 Å². The lowest BCUT2D eigenvalue weighted by molar-refractivity contribution is -0.135. The fourth-order valence-corrected chi connectivity index (χ4v) is 2.16. The highest BCUT2D eigenvalue weighted by Crippen LogP contribution is 2.16. The zero-order valence-corrected chi connectivity index (χ0v) is 10.4. The van der Waals surface area contributed by atoms with Crippen molar-refractivity contribution in [2.75, 3.05) is 33.4 Å². The first-order valence-electron chi connectivity index (χ1n) is 6.21. The highest BCUT2D eigenvalue weighted by atomic mass is 16.5. The number of nitrogens with two attached hydrogens (primary N) is 1. The van der Waals surface area contributed by atoms with Crippen LogP contribution in [0.3, 0.4) is 0 Å². The van der Waals surface area contributed by atoms with Crippen molar-refractivity contribution in [3.8, 4) is 0 Å². The Hall–Kier alpha value is -0.610. The van der Waals surface area contributed by atoms with E-state index in [1.54, 1.807) is 0 Å². The average Bonchev–Trinajstić information content (AvgIpc) is 2.31. The molecule has 1 amide bonds. The number of carbonyl (C=O) groups excluding carboxylic acids is 1. The molecule has 2 N–H and O–H groups in total. The summed E-state index contributed by atoms with van der Waals surface area (Å²) in [7, 11) is 1.89. The maximum Gasteiger partial charge on any atom is 0.226 e. The molecule has 1 unspecified atom stereocenters. The molecule has 0 aromatic heterocycles. The Morgan fingerprint density at radius 1 is 1.50 bits per heavy atom. The largest absolute Gasteiger partial charge is 0.381 e. The van der Waals surface area contributed by atoms with Crippen LogP contribution in [-0.4, -0.2) is 44.2 Å². The van der Waals surface area contributed by atoms with E-state index in [0.717, 1.165) is 39.0 Å². The van der Waals surface area contributed by atoms with Crippen LogP contribution < -0.4 is 5.73 Å². The van der Waals surface area contributed by atoms with Crippen LogP contribution in [0.15, 0.2) is 0 Å². The molecule has 0 aromatic carbocycles. The molecule has 4 heteroatoms. The molecule has 16 heavy (non-hydrogen) atoms. The van der Waals surface area contributed by atoms with Crippen molar-refractivity contribution in [2.45, 2.75) is 26.2 Å². The number of hydrogen-bond donors (Lipinski definition) is 1. The molecule has 0 radical (unpaired) electrons. The molecule has 1 fully saturated rings. The van der Waals surface area contributed by atoms with Crippen molar-refractivity contribution in [2.24, 2.45) is 17.6 Å². The van der Waals surface area contributed by atoms with Gasteiger partial charge in [0.1, 0.15) is 0 Å². The lowest BCUT2D eigenvalue weighted by Crippen LogP contribution is -2.40. The molecule has 0 spiro atoms. The van der Waals surface area contributed by atoms with Crippen LogP contribution in [0.5, 0.6) is 0 Å². The van der Waals surface area contributed by atoms with Crippen LogP contribution >= 0.6 is 0 Å². The van der Waals surface area contributed by atoms with E-state index in [1.165, 1.54) is 0 Å². The molecule has 0 bridgehead atoms. The van der Waals surface area contributed by atoms with E-state index in [-0.39, 0.29) is 11.8 Å². The Labute approximate surface area is 98.1 Å². The van der Waals surface area contributed by atoms with E-state index >= 15 is 0 Å². The van der Waals surface area contributed by atoms with Gasteiger partial charge in [-0.05, 0) is 25.2 Å². The number of nitrogens with zero attached hydrogens (tertiary/aromatic N) is 1. The summed E-state index contributed by atoms with van der Waals surface area (Å²) in [5, 5.41) is 0. The summed E-state index contributed by atoms with van der Waals surface area (Å²) in [6, 6.07) is 0. The van der Waals surface area contributed by atoms with Gasteiger partial charge in [-0.25, -0.2) is 0 Å². The first-order chi connectivity index (χ1) is 7.69. The summed E-state index contributed by atoms with van der Waals surface area (Å²) < 4.78 is 5.31. The number of hydrogen-bond acceptors (Lipinski definition) is 3. The minimum atomic E-state index is -0.00941. The van der Waals surface area contributed by atoms with Crippen molar-refractivity contribution >= 4 is 5.91 Å². The van der Waals surface area contributed by atoms with Crippen molar-refractivity contribution in [3.63, 3.8) is 0 Å². The zero-order valence-electron chi connectivity index (χ0n) is 10.4. The molecule has 1 atom stereocenters. The molecule has 1 saturated heterocycles. The lowest BCUT2D eigenvalue weighted by Gasteiger charge is -2.29. The minimum Gasteiger partial charge on any atom is -0.381 e. The second kappa shape index (κ2) is 6.86. The third-order valence-electron chi connectivity index (χ3n) is 3.38. The maximum atomic E-state index is 12.0. The highest BCUT2D eigenvalue weighted by Gasteiger charge is 2.22. The second-order valence-corrected chi connectivity index (χ2v) is 4.62. The Morgan fingerprint density at radius 2 is 2.12 bits per heavy atom. The van der Waals surface area contributed by atoms with E-state index in [1.807, 2.05) is 18.9 Å². The third kappa shape index (κ3) is 3.76. The molecule has 4 nitrogen and oxygen atoms in total. The molecule has 0 aliphatic carbocycles. The predicted molar refractivity (Wildman–Crippen MR) is 64.0 cm³/mol. The van der Waals surface area contributed by atoms with Gasteiger partial charge in [-0.15, -0.1) is 0 Å². The number of amides is 1. The van der Waals surface area contributed by atoms with Crippen molar-refractivity contribution in [1.82, 2.24) is 4.90 Å². The van der Waals surface area contributed by atoms with Gasteiger partial charge < -0.3 is 15.4 Å². The first-order valence-corrected chi connectivity index (χ1v) is 6.21. The van der Waals surface area contributed by atoms with E-state index in [9.17, 15) is 4.79 Å². The predicted octanol–water partition coefficient (Wildman–Crippen LogP) is 0.856. The summed E-state index contributed by atoms with van der Waals surface area (Å²) in [5.74, 6) is 0.777. The van der Waals surface area contributed by atoms with Crippen molar-refractivity contribution in [3.05, 3.63) is 0 Å². The summed E-state index contributed by atoms with van der Waals surface area (Å²) in [5.41, 5.74) is 5.59. The second-order valence-electron chi connectivity index (χ2n) is 4.62. The molecule has 1 aliphatic heterocycles. The van der Waals surface area contributed by atoms with Gasteiger partial charge >= 0.3 is 0 Å². The lowest BCUT2D eigenvalue weighted by atomic mass is 9.98. The van der Waals surface area contributed by atoms with Crippen LogP contribution in [0.2, 0.25) is 0 Å². The van der Waals surface area contributed by atoms with Crippen LogP contribution in [0.1, 0.15) is 26.2 Å². The van der Waals surface area contributed by atoms with E-state index in [0.29, 0.717) is 12.5 Å². The van der Waals surface area contributed by atoms with E-state index in [4.69, 9.17) is 10.5 Å². The van der Waals surface area contributed by atoms with Gasteiger partial charge in [-0.2, -0.15) is 0 Å². The van der Waals surface area contributed by atoms with Gasteiger partial charge in [0.2, 0.25) is 5.91 Å². The number of ether oxygens (including phenoxy) is 1. The Kier molecular flexibility index (Phi) is 5.77. The number of rotatable bonds is 5. The smallest absolute Gasteiger partial charge is 0.226 e.